The van der Waals surface area contributed by atoms with Gasteiger partial charge in [-0.1, -0.05) is 12.1 Å². The lowest BCUT2D eigenvalue weighted by Crippen LogP contribution is -1.98. The Kier molecular flexibility index (Phi) is 3.33. The molecule has 0 aliphatic heterocycles. The van der Waals surface area contributed by atoms with E-state index in [0.29, 0.717) is 11.3 Å². The average Bonchev–Trinajstić information content (AvgIpc) is 3.09. The highest BCUT2D eigenvalue weighted by Crippen LogP contribution is 2.31. The van der Waals surface area contributed by atoms with Crippen molar-refractivity contribution in [3.05, 3.63) is 41.5 Å². The molecule has 0 saturated heterocycles. The topological polar surface area (TPSA) is 75.7 Å². The van der Waals surface area contributed by atoms with Crippen molar-refractivity contribution in [2.24, 2.45) is 5.92 Å². The number of aromatic nitrogens is 3. The predicted molar refractivity (Wildman–Crippen MR) is 75.2 cm³/mol. The van der Waals surface area contributed by atoms with Crippen molar-refractivity contribution in [1.82, 2.24) is 15.2 Å². The molecule has 0 bridgehead atoms. The van der Waals surface area contributed by atoms with Crippen LogP contribution >= 0.6 is 0 Å². The number of nitrogens with one attached hydrogen (secondary N) is 1. The van der Waals surface area contributed by atoms with Gasteiger partial charge in [0.15, 0.2) is 15.7 Å². The molecule has 6 heteroatoms. The molecule has 1 aromatic heterocycles. The van der Waals surface area contributed by atoms with Gasteiger partial charge >= 0.3 is 0 Å². The van der Waals surface area contributed by atoms with E-state index in [1.54, 1.807) is 12.1 Å². The molecule has 0 unspecified atom stereocenters. The Bertz CT molecular complexity index is 700. The van der Waals surface area contributed by atoms with Crippen LogP contribution in [0.15, 0.2) is 29.2 Å². The highest BCUT2D eigenvalue weighted by molar-refractivity contribution is 7.90. The Balaban J connectivity index is 1.69. The van der Waals surface area contributed by atoms with Crippen LogP contribution in [-0.2, 0) is 22.7 Å². The van der Waals surface area contributed by atoms with E-state index in [1.165, 1.54) is 19.1 Å². The van der Waals surface area contributed by atoms with E-state index in [9.17, 15) is 8.42 Å². The fourth-order valence-electron chi connectivity index (χ4n) is 2.13. The van der Waals surface area contributed by atoms with Gasteiger partial charge in [-0.25, -0.2) is 13.4 Å². The summed E-state index contributed by atoms with van der Waals surface area (Å²) in [6.45, 7) is 0. The minimum absolute atomic E-state index is 0.341. The number of hydrogen-bond acceptors (Lipinski definition) is 4. The minimum atomic E-state index is -3.13. The van der Waals surface area contributed by atoms with Crippen LogP contribution in [0.3, 0.4) is 0 Å². The molecule has 2 aromatic rings. The van der Waals surface area contributed by atoms with Crippen LogP contribution in [0.25, 0.3) is 0 Å². The molecule has 1 fully saturated rings. The number of sulfone groups is 1. The number of rotatable bonds is 5. The fourth-order valence-corrected chi connectivity index (χ4v) is 2.76. The zero-order chi connectivity index (χ0) is 14.2. The maximum atomic E-state index is 11.4. The number of benzene rings is 1. The smallest absolute Gasteiger partial charge is 0.175 e. The minimum Gasteiger partial charge on any atom is -0.263 e. The number of nitrogens with zero attached hydrogens (tertiary/aromatic N) is 2. The molecular formula is C14H17N3O2S. The second-order valence-electron chi connectivity index (χ2n) is 5.44. The first-order chi connectivity index (χ1) is 9.50. The molecule has 1 heterocycles. The third-order valence-corrected chi connectivity index (χ3v) is 4.60. The molecular weight excluding hydrogens is 274 g/mol. The van der Waals surface area contributed by atoms with Crippen molar-refractivity contribution < 1.29 is 8.42 Å². The van der Waals surface area contributed by atoms with Gasteiger partial charge in [-0.05, 0) is 36.5 Å². The normalized spacial score (nSPS) is 15.4. The van der Waals surface area contributed by atoms with Gasteiger partial charge in [0.25, 0.3) is 0 Å². The Morgan fingerprint density at radius 1 is 1.25 bits per heavy atom. The van der Waals surface area contributed by atoms with E-state index in [2.05, 4.69) is 15.2 Å². The molecule has 0 atom stereocenters. The molecule has 1 saturated carbocycles. The van der Waals surface area contributed by atoms with E-state index in [0.717, 1.165) is 29.6 Å². The lowest BCUT2D eigenvalue weighted by Gasteiger charge is -2.01. The number of hydrogen-bond donors (Lipinski definition) is 1. The highest BCUT2D eigenvalue weighted by atomic mass is 32.2. The average molecular weight is 291 g/mol. The quantitative estimate of drug-likeness (QED) is 0.910. The van der Waals surface area contributed by atoms with Gasteiger partial charge in [0.1, 0.15) is 5.82 Å². The van der Waals surface area contributed by atoms with Gasteiger partial charge < -0.3 is 0 Å². The lowest BCUT2D eigenvalue weighted by atomic mass is 10.1. The second-order valence-corrected chi connectivity index (χ2v) is 7.45. The Hall–Kier alpha value is -1.69. The fraction of sp³-hybridized carbons (Fsp3) is 0.429. The summed E-state index contributed by atoms with van der Waals surface area (Å²) < 4.78 is 22.8. The van der Waals surface area contributed by atoms with Crippen LogP contribution < -0.4 is 0 Å². The highest BCUT2D eigenvalue weighted by Gasteiger charge is 2.23. The first-order valence-corrected chi connectivity index (χ1v) is 8.59. The van der Waals surface area contributed by atoms with E-state index in [-0.39, 0.29) is 0 Å². The first kappa shape index (κ1) is 13.3. The standard InChI is InChI=1S/C14H17N3O2S/c1-20(18,19)12-6-4-11(5-7-12)9-14-15-13(16-17-14)8-10-2-3-10/h4-7,10H,2-3,8-9H2,1H3,(H,15,16,17). The zero-order valence-corrected chi connectivity index (χ0v) is 12.2. The summed E-state index contributed by atoms with van der Waals surface area (Å²) in [7, 11) is -3.13. The SMILES string of the molecule is CS(=O)(=O)c1ccc(Cc2nc(CC3CC3)n[nH]2)cc1. The third-order valence-electron chi connectivity index (χ3n) is 3.47. The van der Waals surface area contributed by atoms with Gasteiger partial charge in [0.2, 0.25) is 0 Å². The molecule has 0 amide bonds. The van der Waals surface area contributed by atoms with Crippen molar-refractivity contribution in [2.45, 2.75) is 30.6 Å². The molecule has 1 aromatic carbocycles. The van der Waals surface area contributed by atoms with E-state index < -0.39 is 9.84 Å². The molecule has 5 nitrogen and oxygen atoms in total. The van der Waals surface area contributed by atoms with Gasteiger partial charge in [0, 0.05) is 19.1 Å². The van der Waals surface area contributed by atoms with E-state index in [4.69, 9.17) is 0 Å². The maximum Gasteiger partial charge on any atom is 0.175 e. The van der Waals surface area contributed by atoms with Crippen LogP contribution in [0.2, 0.25) is 0 Å². The number of H-pyrrole nitrogens is 1. The monoisotopic (exact) mass is 291 g/mol. The van der Waals surface area contributed by atoms with Crippen LogP contribution in [0.5, 0.6) is 0 Å². The Labute approximate surface area is 118 Å². The molecule has 3 rings (SSSR count). The van der Waals surface area contributed by atoms with Crippen molar-refractivity contribution in [1.29, 1.82) is 0 Å². The second kappa shape index (κ2) is 5.01. The van der Waals surface area contributed by atoms with E-state index in [1.807, 2.05) is 12.1 Å². The third kappa shape index (κ3) is 3.25. The van der Waals surface area contributed by atoms with Crippen molar-refractivity contribution in [3.63, 3.8) is 0 Å². The summed E-state index contributed by atoms with van der Waals surface area (Å²) in [6, 6.07) is 6.90. The van der Waals surface area contributed by atoms with Crippen molar-refractivity contribution in [3.8, 4) is 0 Å². The maximum absolute atomic E-state index is 11.4. The molecule has 1 aliphatic rings. The van der Waals surface area contributed by atoms with Gasteiger partial charge in [-0.2, -0.15) is 5.10 Å². The summed E-state index contributed by atoms with van der Waals surface area (Å²) in [4.78, 5) is 4.81. The first-order valence-electron chi connectivity index (χ1n) is 6.70. The summed E-state index contributed by atoms with van der Waals surface area (Å²) in [5.74, 6) is 2.48. The zero-order valence-electron chi connectivity index (χ0n) is 11.3. The summed E-state index contributed by atoms with van der Waals surface area (Å²) >= 11 is 0. The molecule has 1 aliphatic carbocycles. The Morgan fingerprint density at radius 2 is 1.95 bits per heavy atom. The largest absolute Gasteiger partial charge is 0.263 e. The van der Waals surface area contributed by atoms with Gasteiger partial charge in [-0.15, -0.1) is 0 Å². The van der Waals surface area contributed by atoms with Crippen LogP contribution in [0.4, 0.5) is 0 Å². The molecule has 1 N–H and O–H groups in total. The summed E-state index contributed by atoms with van der Waals surface area (Å²) in [6.07, 6.45) is 5.39. The van der Waals surface area contributed by atoms with Gasteiger partial charge in [0.05, 0.1) is 4.90 Å². The van der Waals surface area contributed by atoms with E-state index >= 15 is 0 Å². The van der Waals surface area contributed by atoms with Crippen molar-refractivity contribution in [2.75, 3.05) is 6.26 Å². The summed E-state index contributed by atoms with van der Waals surface area (Å²) in [5, 5.41) is 7.17. The molecule has 106 valence electrons. The van der Waals surface area contributed by atoms with Crippen LogP contribution in [-0.4, -0.2) is 29.9 Å². The Morgan fingerprint density at radius 3 is 2.55 bits per heavy atom. The molecule has 0 spiro atoms. The summed E-state index contributed by atoms with van der Waals surface area (Å²) in [5.41, 5.74) is 1.02. The number of aromatic amines is 1. The van der Waals surface area contributed by atoms with Gasteiger partial charge in [-0.3, -0.25) is 5.10 Å². The van der Waals surface area contributed by atoms with Crippen LogP contribution in [0.1, 0.15) is 30.1 Å². The van der Waals surface area contributed by atoms with Crippen molar-refractivity contribution >= 4 is 9.84 Å². The van der Waals surface area contributed by atoms with Crippen LogP contribution in [0, 0.1) is 5.92 Å². The molecule has 0 radical (unpaired) electrons. The lowest BCUT2D eigenvalue weighted by molar-refractivity contribution is 0.602. The predicted octanol–water partition coefficient (Wildman–Crippen LogP) is 1.75. The molecule has 20 heavy (non-hydrogen) atoms.